The van der Waals surface area contributed by atoms with E-state index < -0.39 is 0 Å². The van der Waals surface area contributed by atoms with Gasteiger partial charge in [-0.2, -0.15) is 0 Å². The van der Waals surface area contributed by atoms with Gasteiger partial charge in [0.15, 0.2) is 5.78 Å². The Labute approximate surface area is 126 Å². The fourth-order valence-corrected chi connectivity index (χ4v) is 4.53. The molecule has 106 valence electrons. The van der Waals surface area contributed by atoms with E-state index in [0.717, 1.165) is 31.2 Å². The Bertz CT molecular complexity index is 715. The van der Waals surface area contributed by atoms with Crippen molar-refractivity contribution in [2.24, 2.45) is 5.41 Å². The number of ketones is 1. The SMILES string of the molecule is CCC1(C2CCc3ccccc32)Cc2ccccc2C1=O. The summed E-state index contributed by atoms with van der Waals surface area (Å²) in [6, 6.07) is 16.9. The molecule has 4 rings (SSSR count). The molecule has 0 bridgehead atoms. The van der Waals surface area contributed by atoms with Crippen LogP contribution in [0, 0.1) is 5.41 Å². The average Bonchev–Trinajstić information content (AvgIpc) is 3.08. The molecule has 0 aliphatic heterocycles. The second-order valence-electron chi connectivity index (χ2n) is 6.46. The van der Waals surface area contributed by atoms with Crippen LogP contribution in [0.3, 0.4) is 0 Å². The lowest BCUT2D eigenvalue weighted by atomic mass is 9.68. The van der Waals surface area contributed by atoms with E-state index in [1.165, 1.54) is 16.7 Å². The Hall–Kier alpha value is -1.89. The van der Waals surface area contributed by atoms with E-state index in [1.54, 1.807) is 0 Å². The number of carbonyl (C=O) groups excluding carboxylic acids is 1. The highest BCUT2D eigenvalue weighted by atomic mass is 16.1. The molecular weight excluding hydrogens is 256 g/mol. The van der Waals surface area contributed by atoms with Gasteiger partial charge in [0.05, 0.1) is 0 Å². The van der Waals surface area contributed by atoms with Crippen molar-refractivity contribution in [2.45, 2.75) is 38.5 Å². The van der Waals surface area contributed by atoms with Gasteiger partial charge in [0.2, 0.25) is 0 Å². The van der Waals surface area contributed by atoms with E-state index in [4.69, 9.17) is 0 Å². The van der Waals surface area contributed by atoms with Crippen LogP contribution in [0.4, 0.5) is 0 Å². The number of fused-ring (bicyclic) bond motifs is 2. The van der Waals surface area contributed by atoms with Crippen LogP contribution in [0.25, 0.3) is 0 Å². The van der Waals surface area contributed by atoms with Crippen LogP contribution in [-0.2, 0) is 12.8 Å². The molecule has 0 saturated heterocycles. The van der Waals surface area contributed by atoms with Crippen LogP contribution >= 0.6 is 0 Å². The number of hydrogen-bond donors (Lipinski definition) is 0. The van der Waals surface area contributed by atoms with E-state index >= 15 is 0 Å². The van der Waals surface area contributed by atoms with Gasteiger partial charge >= 0.3 is 0 Å². The third-order valence-electron chi connectivity index (χ3n) is 5.65. The summed E-state index contributed by atoms with van der Waals surface area (Å²) in [5.74, 6) is 0.765. The second kappa shape index (κ2) is 4.56. The van der Waals surface area contributed by atoms with Crippen molar-refractivity contribution >= 4 is 5.78 Å². The quantitative estimate of drug-likeness (QED) is 0.786. The first kappa shape index (κ1) is 12.8. The molecule has 2 aromatic rings. The Morgan fingerprint density at radius 1 is 1.05 bits per heavy atom. The van der Waals surface area contributed by atoms with Crippen LogP contribution in [0.1, 0.15) is 52.7 Å². The van der Waals surface area contributed by atoms with Crippen LogP contribution in [0.2, 0.25) is 0 Å². The molecule has 2 aliphatic rings. The van der Waals surface area contributed by atoms with Crippen molar-refractivity contribution < 1.29 is 4.79 Å². The van der Waals surface area contributed by atoms with Crippen molar-refractivity contribution in [1.82, 2.24) is 0 Å². The third-order valence-corrected chi connectivity index (χ3v) is 5.65. The third kappa shape index (κ3) is 1.67. The van der Waals surface area contributed by atoms with Gasteiger partial charge in [-0.3, -0.25) is 4.79 Å². The molecule has 0 heterocycles. The standard InChI is InChI=1S/C20H20O/c1-2-20(13-15-8-4-6-10-17(15)19(20)21)18-12-11-14-7-3-5-9-16(14)18/h3-10,18H,2,11-13H2,1H3. The predicted octanol–water partition coefficient (Wildman–Crippen LogP) is 4.55. The molecule has 2 unspecified atom stereocenters. The number of carbonyl (C=O) groups is 1. The van der Waals surface area contributed by atoms with Crippen LogP contribution < -0.4 is 0 Å². The molecule has 0 N–H and O–H groups in total. The zero-order chi connectivity index (χ0) is 14.4. The molecule has 21 heavy (non-hydrogen) atoms. The number of hydrogen-bond acceptors (Lipinski definition) is 1. The summed E-state index contributed by atoms with van der Waals surface area (Å²) in [5.41, 5.74) is 4.85. The maximum atomic E-state index is 13.1. The lowest BCUT2D eigenvalue weighted by molar-refractivity contribution is 0.0761. The largest absolute Gasteiger partial charge is 0.294 e. The highest BCUT2D eigenvalue weighted by Crippen LogP contribution is 2.54. The maximum Gasteiger partial charge on any atom is 0.170 e. The average molecular weight is 276 g/mol. The van der Waals surface area contributed by atoms with E-state index in [1.807, 2.05) is 12.1 Å². The number of benzene rings is 2. The van der Waals surface area contributed by atoms with Crippen molar-refractivity contribution in [3.63, 3.8) is 0 Å². The van der Waals surface area contributed by atoms with Gasteiger partial charge in [-0.25, -0.2) is 0 Å². The van der Waals surface area contributed by atoms with Gasteiger partial charge in [-0.15, -0.1) is 0 Å². The number of aryl methyl sites for hydroxylation is 1. The summed E-state index contributed by atoms with van der Waals surface area (Å²) in [4.78, 5) is 13.1. The first-order chi connectivity index (χ1) is 10.3. The van der Waals surface area contributed by atoms with Crippen molar-refractivity contribution in [1.29, 1.82) is 0 Å². The minimum atomic E-state index is -0.212. The first-order valence-corrected chi connectivity index (χ1v) is 7.97. The zero-order valence-electron chi connectivity index (χ0n) is 12.4. The Morgan fingerprint density at radius 2 is 1.76 bits per heavy atom. The molecule has 1 nitrogen and oxygen atoms in total. The molecule has 0 aromatic heterocycles. The van der Waals surface area contributed by atoms with Gasteiger partial charge < -0.3 is 0 Å². The van der Waals surface area contributed by atoms with Crippen molar-refractivity contribution in [2.75, 3.05) is 0 Å². The lowest BCUT2D eigenvalue weighted by Gasteiger charge is -2.33. The fraction of sp³-hybridized carbons (Fsp3) is 0.350. The van der Waals surface area contributed by atoms with Crippen LogP contribution in [0.15, 0.2) is 48.5 Å². The normalized spacial score (nSPS) is 26.7. The van der Waals surface area contributed by atoms with Crippen LogP contribution in [0.5, 0.6) is 0 Å². The summed E-state index contributed by atoms with van der Waals surface area (Å²) >= 11 is 0. The Kier molecular flexibility index (Phi) is 2.78. The monoisotopic (exact) mass is 276 g/mol. The van der Waals surface area contributed by atoms with E-state index in [9.17, 15) is 4.79 Å². The molecule has 2 aliphatic carbocycles. The van der Waals surface area contributed by atoms with Gasteiger partial charge in [0.25, 0.3) is 0 Å². The van der Waals surface area contributed by atoms with Gasteiger partial charge in [-0.05, 0) is 48.3 Å². The van der Waals surface area contributed by atoms with E-state index in [-0.39, 0.29) is 5.41 Å². The zero-order valence-corrected chi connectivity index (χ0v) is 12.4. The molecule has 0 spiro atoms. The molecule has 0 saturated carbocycles. The van der Waals surface area contributed by atoms with Crippen molar-refractivity contribution in [3.8, 4) is 0 Å². The van der Waals surface area contributed by atoms with Crippen LogP contribution in [-0.4, -0.2) is 5.78 Å². The highest BCUT2D eigenvalue weighted by Gasteiger charge is 2.51. The molecular formula is C20H20O. The molecule has 0 amide bonds. The number of Topliss-reactive ketones (excluding diaryl/α,β-unsaturated/α-hetero) is 1. The summed E-state index contributed by atoms with van der Waals surface area (Å²) < 4.78 is 0. The van der Waals surface area contributed by atoms with E-state index in [2.05, 4.69) is 43.3 Å². The van der Waals surface area contributed by atoms with Gasteiger partial charge in [0.1, 0.15) is 0 Å². The van der Waals surface area contributed by atoms with E-state index in [0.29, 0.717) is 11.7 Å². The first-order valence-electron chi connectivity index (χ1n) is 7.97. The summed E-state index contributed by atoms with van der Waals surface area (Å²) in [7, 11) is 0. The molecule has 2 aromatic carbocycles. The summed E-state index contributed by atoms with van der Waals surface area (Å²) in [6.45, 7) is 2.19. The van der Waals surface area contributed by atoms with Crippen molar-refractivity contribution in [3.05, 3.63) is 70.8 Å². The topological polar surface area (TPSA) is 17.1 Å². The summed E-state index contributed by atoms with van der Waals surface area (Å²) in [5, 5.41) is 0. The molecule has 1 heteroatoms. The minimum Gasteiger partial charge on any atom is -0.294 e. The minimum absolute atomic E-state index is 0.212. The molecule has 0 fully saturated rings. The molecule has 0 radical (unpaired) electrons. The predicted molar refractivity (Wildman–Crippen MR) is 84.7 cm³/mol. The van der Waals surface area contributed by atoms with Gasteiger partial charge in [0, 0.05) is 11.0 Å². The Morgan fingerprint density at radius 3 is 2.52 bits per heavy atom. The fourth-order valence-electron chi connectivity index (χ4n) is 4.53. The summed E-state index contributed by atoms with van der Waals surface area (Å²) in [6.07, 6.45) is 4.08. The highest BCUT2D eigenvalue weighted by molar-refractivity contribution is 6.05. The number of rotatable bonds is 2. The smallest absolute Gasteiger partial charge is 0.170 e. The maximum absolute atomic E-state index is 13.1. The molecule has 2 atom stereocenters. The Balaban J connectivity index is 1.83. The van der Waals surface area contributed by atoms with Gasteiger partial charge in [-0.1, -0.05) is 55.5 Å². The lowest BCUT2D eigenvalue weighted by Crippen LogP contribution is -2.33. The second-order valence-corrected chi connectivity index (χ2v) is 6.46.